The minimum atomic E-state index is 0.0651. The van der Waals surface area contributed by atoms with Crippen molar-refractivity contribution < 1.29 is 4.79 Å². The number of halogens is 1. The predicted octanol–water partition coefficient (Wildman–Crippen LogP) is 3.44. The molecule has 3 atom stereocenters. The number of fused-ring (bicyclic) bond motifs is 2. The molecule has 2 bridgehead atoms. The molecule has 3 rings (SSSR count). The first-order valence-corrected chi connectivity index (χ1v) is 8.10. The van der Waals surface area contributed by atoms with E-state index < -0.39 is 0 Å². The van der Waals surface area contributed by atoms with Crippen LogP contribution in [0.15, 0.2) is 16.7 Å². The van der Waals surface area contributed by atoms with Gasteiger partial charge >= 0.3 is 0 Å². The molecule has 0 spiro atoms. The molecule has 2 aliphatic rings. The standard InChI is InChI=1S/C15H21BrN2O/c1-2-18-9-13(16)7-14(18)15(19)17-8-12-6-10-3-4-11(12)5-10/h7,9-12H,2-6,8H2,1H3,(H,17,19). The van der Waals surface area contributed by atoms with Crippen molar-refractivity contribution in [1.82, 2.24) is 9.88 Å². The monoisotopic (exact) mass is 324 g/mol. The first kappa shape index (κ1) is 13.2. The summed E-state index contributed by atoms with van der Waals surface area (Å²) in [5.41, 5.74) is 0.762. The van der Waals surface area contributed by atoms with Crippen molar-refractivity contribution in [1.29, 1.82) is 0 Å². The minimum absolute atomic E-state index is 0.0651. The highest BCUT2D eigenvalue weighted by molar-refractivity contribution is 9.10. The number of hydrogen-bond donors (Lipinski definition) is 1. The first-order chi connectivity index (χ1) is 9.17. The van der Waals surface area contributed by atoms with Gasteiger partial charge in [-0.1, -0.05) is 6.42 Å². The lowest BCUT2D eigenvalue weighted by atomic mass is 9.89. The summed E-state index contributed by atoms with van der Waals surface area (Å²) in [6, 6.07) is 1.90. The summed E-state index contributed by atoms with van der Waals surface area (Å²) in [6.07, 6.45) is 7.48. The van der Waals surface area contributed by atoms with Gasteiger partial charge in [0.25, 0.3) is 5.91 Å². The maximum Gasteiger partial charge on any atom is 0.267 e. The molecule has 0 radical (unpaired) electrons. The highest BCUT2D eigenvalue weighted by atomic mass is 79.9. The van der Waals surface area contributed by atoms with Crippen LogP contribution >= 0.6 is 15.9 Å². The second-order valence-electron chi connectivity index (χ2n) is 5.97. The third-order valence-electron chi connectivity index (χ3n) is 4.85. The molecule has 4 heteroatoms. The molecule has 104 valence electrons. The third-order valence-corrected chi connectivity index (χ3v) is 5.28. The van der Waals surface area contributed by atoms with Gasteiger partial charge in [0, 0.05) is 23.8 Å². The van der Waals surface area contributed by atoms with Crippen LogP contribution in [-0.4, -0.2) is 17.0 Å². The van der Waals surface area contributed by atoms with Gasteiger partial charge in [-0.3, -0.25) is 4.79 Å². The summed E-state index contributed by atoms with van der Waals surface area (Å²) in [4.78, 5) is 12.2. The van der Waals surface area contributed by atoms with Gasteiger partial charge < -0.3 is 9.88 Å². The Balaban J connectivity index is 1.59. The van der Waals surface area contributed by atoms with E-state index in [9.17, 15) is 4.79 Å². The van der Waals surface area contributed by atoms with E-state index in [1.165, 1.54) is 25.7 Å². The van der Waals surface area contributed by atoms with Gasteiger partial charge in [0.2, 0.25) is 0 Å². The van der Waals surface area contributed by atoms with E-state index in [1.54, 1.807) is 0 Å². The zero-order valence-corrected chi connectivity index (χ0v) is 12.9. The van der Waals surface area contributed by atoms with Gasteiger partial charge in [-0.25, -0.2) is 0 Å². The van der Waals surface area contributed by atoms with E-state index in [0.717, 1.165) is 41.0 Å². The zero-order chi connectivity index (χ0) is 13.4. The van der Waals surface area contributed by atoms with Gasteiger partial charge in [-0.05, 0) is 65.9 Å². The maximum atomic E-state index is 12.2. The van der Waals surface area contributed by atoms with E-state index in [2.05, 4.69) is 28.2 Å². The third kappa shape index (κ3) is 2.60. The molecule has 1 N–H and O–H groups in total. The van der Waals surface area contributed by atoms with Crippen molar-refractivity contribution in [2.24, 2.45) is 17.8 Å². The van der Waals surface area contributed by atoms with Crippen LogP contribution in [0.1, 0.15) is 43.1 Å². The molecule has 2 fully saturated rings. The largest absolute Gasteiger partial charge is 0.350 e. The Morgan fingerprint density at radius 2 is 2.32 bits per heavy atom. The van der Waals surface area contributed by atoms with Gasteiger partial charge in [-0.2, -0.15) is 0 Å². The van der Waals surface area contributed by atoms with Gasteiger partial charge in [0.05, 0.1) is 0 Å². The molecule has 1 aromatic rings. The molecular formula is C15H21BrN2O. The highest BCUT2D eigenvalue weighted by Crippen LogP contribution is 2.47. The number of nitrogens with one attached hydrogen (secondary N) is 1. The van der Waals surface area contributed by atoms with Crippen LogP contribution in [0.2, 0.25) is 0 Å². The van der Waals surface area contributed by atoms with E-state index in [4.69, 9.17) is 0 Å². The van der Waals surface area contributed by atoms with Crippen LogP contribution in [0, 0.1) is 17.8 Å². The van der Waals surface area contributed by atoms with Crippen molar-refractivity contribution in [2.75, 3.05) is 6.54 Å². The SMILES string of the molecule is CCn1cc(Br)cc1C(=O)NCC1CC2CCC1C2. The number of carbonyl (C=O) groups is 1. The normalized spacial score (nSPS) is 28.8. The number of aryl methyl sites for hydroxylation is 1. The molecule has 0 aromatic carbocycles. The van der Waals surface area contributed by atoms with Gasteiger partial charge in [0.15, 0.2) is 0 Å². The summed E-state index contributed by atoms with van der Waals surface area (Å²) in [5.74, 6) is 2.60. The minimum Gasteiger partial charge on any atom is -0.350 e. The fourth-order valence-corrected chi connectivity index (χ4v) is 4.33. The highest BCUT2D eigenvalue weighted by Gasteiger charge is 2.39. The Morgan fingerprint density at radius 1 is 1.47 bits per heavy atom. The van der Waals surface area contributed by atoms with Crippen molar-refractivity contribution in [3.8, 4) is 0 Å². The lowest BCUT2D eigenvalue weighted by Gasteiger charge is -2.21. The molecule has 1 amide bonds. The smallest absolute Gasteiger partial charge is 0.267 e. The Hall–Kier alpha value is -0.770. The van der Waals surface area contributed by atoms with E-state index >= 15 is 0 Å². The molecule has 2 aliphatic carbocycles. The van der Waals surface area contributed by atoms with E-state index in [0.29, 0.717) is 0 Å². The second kappa shape index (κ2) is 5.31. The number of rotatable bonds is 4. The fraction of sp³-hybridized carbons (Fsp3) is 0.667. The Labute approximate surface area is 122 Å². The lowest BCUT2D eigenvalue weighted by Crippen LogP contribution is -2.32. The van der Waals surface area contributed by atoms with Crippen LogP contribution in [0.25, 0.3) is 0 Å². The van der Waals surface area contributed by atoms with Crippen molar-refractivity contribution in [2.45, 2.75) is 39.2 Å². The van der Waals surface area contributed by atoms with Crippen LogP contribution < -0.4 is 5.32 Å². The average molecular weight is 325 g/mol. The maximum absolute atomic E-state index is 12.2. The predicted molar refractivity (Wildman–Crippen MR) is 79.1 cm³/mol. The van der Waals surface area contributed by atoms with Gasteiger partial charge in [0.1, 0.15) is 5.69 Å². The van der Waals surface area contributed by atoms with E-state index in [1.807, 2.05) is 16.8 Å². The van der Waals surface area contributed by atoms with Gasteiger partial charge in [-0.15, -0.1) is 0 Å². The topological polar surface area (TPSA) is 34.0 Å². The quantitative estimate of drug-likeness (QED) is 0.904. The summed E-state index contributed by atoms with van der Waals surface area (Å²) in [6.45, 7) is 3.73. The second-order valence-corrected chi connectivity index (χ2v) is 6.89. The van der Waals surface area contributed by atoms with Crippen LogP contribution in [0.4, 0.5) is 0 Å². The molecule has 1 aromatic heterocycles. The van der Waals surface area contributed by atoms with Crippen molar-refractivity contribution in [3.05, 3.63) is 22.4 Å². The van der Waals surface area contributed by atoms with Crippen molar-refractivity contribution in [3.63, 3.8) is 0 Å². The molecule has 19 heavy (non-hydrogen) atoms. The summed E-state index contributed by atoms with van der Waals surface area (Å²) in [7, 11) is 0. The molecule has 3 unspecified atom stereocenters. The molecular weight excluding hydrogens is 304 g/mol. The Morgan fingerprint density at radius 3 is 2.95 bits per heavy atom. The summed E-state index contributed by atoms with van der Waals surface area (Å²) in [5, 5.41) is 3.13. The van der Waals surface area contributed by atoms with Crippen LogP contribution in [0.5, 0.6) is 0 Å². The van der Waals surface area contributed by atoms with Crippen molar-refractivity contribution >= 4 is 21.8 Å². The van der Waals surface area contributed by atoms with Crippen LogP contribution in [0.3, 0.4) is 0 Å². The number of hydrogen-bond acceptors (Lipinski definition) is 1. The molecule has 0 aliphatic heterocycles. The average Bonchev–Trinajstić information content (AvgIpc) is 3.09. The zero-order valence-electron chi connectivity index (χ0n) is 11.4. The van der Waals surface area contributed by atoms with E-state index in [-0.39, 0.29) is 5.91 Å². The number of amides is 1. The summed E-state index contributed by atoms with van der Waals surface area (Å²) >= 11 is 3.44. The fourth-order valence-electron chi connectivity index (χ4n) is 3.87. The lowest BCUT2D eigenvalue weighted by molar-refractivity contribution is 0.0932. The number of aromatic nitrogens is 1. The Kier molecular flexibility index (Phi) is 3.70. The number of carbonyl (C=O) groups excluding carboxylic acids is 1. The Bertz CT molecular complexity index is 482. The van der Waals surface area contributed by atoms with Crippen LogP contribution in [-0.2, 0) is 6.54 Å². The molecule has 0 saturated heterocycles. The molecule has 3 nitrogen and oxygen atoms in total. The first-order valence-electron chi connectivity index (χ1n) is 7.31. The number of nitrogens with zero attached hydrogens (tertiary/aromatic N) is 1. The molecule has 1 heterocycles. The summed E-state index contributed by atoms with van der Waals surface area (Å²) < 4.78 is 2.96. The molecule has 2 saturated carbocycles.